The second kappa shape index (κ2) is 9.59. The lowest BCUT2D eigenvalue weighted by atomic mass is 9.89. The minimum Gasteiger partial charge on any atom is -0.456 e. The molecule has 1 saturated heterocycles. The number of anilines is 2. The van der Waals surface area contributed by atoms with Crippen molar-refractivity contribution in [1.82, 2.24) is 24.5 Å². The Balaban J connectivity index is 1.40. The van der Waals surface area contributed by atoms with E-state index in [2.05, 4.69) is 41.0 Å². The largest absolute Gasteiger partial charge is 0.456 e. The van der Waals surface area contributed by atoms with E-state index in [0.29, 0.717) is 34.7 Å². The summed E-state index contributed by atoms with van der Waals surface area (Å²) in [6.07, 6.45) is 4.55. The first-order valence-electron chi connectivity index (χ1n) is 12.0. The SMILES string of the molecule is CC(=O)Cc1cc(Oc2cnc3nc(Nc4nc([C@@H]5CCOC5)c(C(C)(C)C)s4)n(C)c3c2)ccn1. The summed E-state index contributed by atoms with van der Waals surface area (Å²) in [6, 6.07) is 5.42. The number of imidazole rings is 1. The van der Waals surface area contributed by atoms with E-state index >= 15 is 0 Å². The Hall–Kier alpha value is -3.37. The molecule has 1 aliphatic heterocycles. The van der Waals surface area contributed by atoms with Gasteiger partial charge >= 0.3 is 0 Å². The van der Waals surface area contributed by atoms with E-state index in [9.17, 15) is 4.79 Å². The van der Waals surface area contributed by atoms with Gasteiger partial charge in [-0.1, -0.05) is 20.8 Å². The molecule has 4 aromatic heterocycles. The summed E-state index contributed by atoms with van der Waals surface area (Å²) in [4.78, 5) is 31.1. The summed E-state index contributed by atoms with van der Waals surface area (Å²) in [7, 11) is 1.94. The van der Waals surface area contributed by atoms with Crippen molar-refractivity contribution in [1.29, 1.82) is 0 Å². The highest BCUT2D eigenvalue weighted by molar-refractivity contribution is 7.16. The highest BCUT2D eigenvalue weighted by Crippen LogP contribution is 2.40. The second-order valence-electron chi connectivity index (χ2n) is 10.1. The summed E-state index contributed by atoms with van der Waals surface area (Å²) < 4.78 is 13.6. The van der Waals surface area contributed by atoms with Gasteiger partial charge in [0.2, 0.25) is 5.95 Å². The van der Waals surface area contributed by atoms with Crippen molar-refractivity contribution in [3.63, 3.8) is 0 Å². The van der Waals surface area contributed by atoms with Crippen molar-refractivity contribution in [2.45, 2.75) is 51.9 Å². The molecule has 1 fully saturated rings. The van der Waals surface area contributed by atoms with Gasteiger partial charge in [0, 0.05) is 49.2 Å². The molecule has 1 aliphatic rings. The molecular weight excluding hydrogens is 476 g/mol. The molecule has 10 heteroatoms. The Morgan fingerprint density at radius 2 is 2.08 bits per heavy atom. The number of nitrogens with one attached hydrogen (secondary N) is 1. The third-order valence-electron chi connectivity index (χ3n) is 6.04. The molecule has 0 aromatic carbocycles. The average molecular weight is 507 g/mol. The molecule has 0 aliphatic carbocycles. The maximum Gasteiger partial charge on any atom is 0.211 e. The van der Waals surface area contributed by atoms with Crippen molar-refractivity contribution in [3.8, 4) is 11.5 Å². The summed E-state index contributed by atoms with van der Waals surface area (Å²) in [5.41, 5.74) is 3.22. The monoisotopic (exact) mass is 506 g/mol. The number of nitrogens with zero attached hydrogens (tertiary/aromatic N) is 5. The Labute approximate surface area is 213 Å². The van der Waals surface area contributed by atoms with Crippen LogP contribution in [0.4, 0.5) is 11.1 Å². The summed E-state index contributed by atoms with van der Waals surface area (Å²) >= 11 is 1.67. The molecule has 0 bridgehead atoms. The van der Waals surface area contributed by atoms with Gasteiger partial charge in [-0.15, -0.1) is 11.3 Å². The minimum atomic E-state index is -0.00704. The zero-order valence-corrected chi connectivity index (χ0v) is 22.0. The smallest absolute Gasteiger partial charge is 0.211 e. The summed E-state index contributed by atoms with van der Waals surface area (Å²) in [6.45, 7) is 9.70. The molecule has 9 nitrogen and oxygen atoms in total. The number of ether oxygens (including phenoxy) is 2. The number of fused-ring (bicyclic) bond motifs is 1. The Kier molecular flexibility index (Phi) is 6.48. The third kappa shape index (κ3) is 5.10. The van der Waals surface area contributed by atoms with Gasteiger partial charge in [-0.25, -0.2) is 9.97 Å². The molecule has 0 amide bonds. The number of carbonyl (C=O) groups is 1. The molecule has 1 N–H and O–H groups in total. The maximum atomic E-state index is 11.4. The summed E-state index contributed by atoms with van der Waals surface area (Å²) in [5, 5.41) is 4.22. The normalized spacial score (nSPS) is 16.0. The fraction of sp³-hybridized carbons (Fsp3) is 0.423. The lowest BCUT2D eigenvalue weighted by molar-refractivity contribution is -0.116. The van der Waals surface area contributed by atoms with E-state index in [4.69, 9.17) is 14.5 Å². The fourth-order valence-electron chi connectivity index (χ4n) is 4.27. The summed E-state index contributed by atoms with van der Waals surface area (Å²) in [5.74, 6) is 2.22. The first kappa shape index (κ1) is 24.3. The van der Waals surface area contributed by atoms with Crippen LogP contribution in [0.15, 0.2) is 30.6 Å². The van der Waals surface area contributed by atoms with Crippen LogP contribution in [0.3, 0.4) is 0 Å². The predicted molar refractivity (Wildman–Crippen MR) is 139 cm³/mol. The van der Waals surface area contributed by atoms with E-state index in [1.807, 2.05) is 17.7 Å². The van der Waals surface area contributed by atoms with Crippen LogP contribution >= 0.6 is 11.3 Å². The van der Waals surface area contributed by atoms with Gasteiger partial charge in [0.05, 0.1) is 29.7 Å². The van der Waals surface area contributed by atoms with Gasteiger partial charge in [-0.05, 0) is 24.8 Å². The number of Topliss-reactive ketones (excluding diaryl/α,β-unsaturated/α-hetero) is 1. The van der Waals surface area contributed by atoms with Crippen LogP contribution in [0.1, 0.15) is 56.3 Å². The van der Waals surface area contributed by atoms with Gasteiger partial charge in [0.1, 0.15) is 17.3 Å². The number of ketones is 1. The first-order valence-corrected chi connectivity index (χ1v) is 12.8. The van der Waals surface area contributed by atoms with Crippen molar-refractivity contribution < 1.29 is 14.3 Å². The topological polar surface area (TPSA) is 104 Å². The van der Waals surface area contributed by atoms with Gasteiger partial charge in [0.25, 0.3) is 0 Å². The number of hydrogen-bond donors (Lipinski definition) is 1. The number of aromatic nitrogens is 5. The van der Waals surface area contributed by atoms with Crippen molar-refractivity contribution >= 4 is 39.4 Å². The highest BCUT2D eigenvalue weighted by Gasteiger charge is 2.30. The molecule has 0 radical (unpaired) electrons. The van der Waals surface area contributed by atoms with Crippen molar-refractivity contribution in [2.75, 3.05) is 18.5 Å². The van der Waals surface area contributed by atoms with Crippen LogP contribution in [0.5, 0.6) is 11.5 Å². The Morgan fingerprint density at radius 1 is 1.25 bits per heavy atom. The van der Waals surface area contributed by atoms with Gasteiger partial charge in [0.15, 0.2) is 10.8 Å². The van der Waals surface area contributed by atoms with Crippen LogP contribution < -0.4 is 10.1 Å². The predicted octanol–water partition coefficient (Wildman–Crippen LogP) is 5.29. The fourth-order valence-corrected chi connectivity index (χ4v) is 5.37. The molecule has 4 aromatic rings. The molecule has 0 unspecified atom stereocenters. The van der Waals surface area contributed by atoms with Crippen molar-refractivity contribution in [2.24, 2.45) is 7.05 Å². The molecule has 188 valence electrons. The zero-order valence-electron chi connectivity index (χ0n) is 21.2. The second-order valence-corrected chi connectivity index (χ2v) is 11.1. The molecule has 5 heterocycles. The lowest BCUT2D eigenvalue weighted by Gasteiger charge is -2.19. The zero-order chi connectivity index (χ0) is 25.4. The lowest BCUT2D eigenvalue weighted by Crippen LogP contribution is -2.14. The third-order valence-corrected chi connectivity index (χ3v) is 7.45. The molecule has 36 heavy (non-hydrogen) atoms. The quantitative estimate of drug-likeness (QED) is 0.361. The van der Waals surface area contributed by atoms with E-state index in [1.54, 1.807) is 42.8 Å². The number of hydrogen-bond acceptors (Lipinski definition) is 9. The molecular formula is C26H30N6O3S. The van der Waals surface area contributed by atoms with Crippen LogP contribution in [0.2, 0.25) is 0 Å². The van der Waals surface area contributed by atoms with Crippen LogP contribution in [0.25, 0.3) is 11.2 Å². The molecule has 0 spiro atoms. The van der Waals surface area contributed by atoms with E-state index in [-0.39, 0.29) is 17.6 Å². The molecule has 0 saturated carbocycles. The standard InChI is InChI=1S/C26H30N6O3S/c1-15(33)10-17-11-18(6-8-27-17)35-19-12-20-23(28-13-19)30-24(32(20)5)31-25-29-21(16-7-9-34-14-16)22(36-25)26(2,3)4/h6,8,11-13,16H,7,9-10,14H2,1-5H3,(H,28,29,30,31)/t16-/m1/s1. The van der Waals surface area contributed by atoms with Gasteiger partial charge < -0.3 is 19.4 Å². The maximum absolute atomic E-state index is 11.4. The number of aryl methyl sites for hydroxylation is 1. The van der Waals surface area contributed by atoms with Crippen molar-refractivity contribution in [3.05, 3.63) is 46.9 Å². The molecule has 1 atom stereocenters. The van der Waals surface area contributed by atoms with Gasteiger partial charge in [-0.2, -0.15) is 4.98 Å². The van der Waals surface area contributed by atoms with E-state index in [1.165, 1.54) is 4.88 Å². The number of thiazole rings is 1. The van der Waals surface area contributed by atoms with Gasteiger partial charge in [-0.3, -0.25) is 9.78 Å². The van der Waals surface area contributed by atoms with Crippen LogP contribution in [-0.2, 0) is 28.4 Å². The number of carbonyl (C=O) groups excluding carboxylic acids is 1. The minimum absolute atomic E-state index is 0.00704. The van der Waals surface area contributed by atoms with E-state index in [0.717, 1.165) is 36.0 Å². The molecule has 5 rings (SSSR count). The number of rotatable bonds is 7. The van der Waals surface area contributed by atoms with E-state index < -0.39 is 0 Å². The average Bonchev–Trinajstić information content (AvgIpc) is 3.54. The first-order chi connectivity index (χ1) is 17.2. The Bertz CT molecular complexity index is 1420. The highest BCUT2D eigenvalue weighted by atomic mass is 32.1. The van der Waals surface area contributed by atoms with Crippen LogP contribution in [-0.4, -0.2) is 43.5 Å². The Morgan fingerprint density at radius 3 is 2.81 bits per heavy atom. The number of pyridine rings is 2. The van der Waals surface area contributed by atoms with Crippen LogP contribution in [0, 0.1) is 0 Å².